The fourth-order valence-corrected chi connectivity index (χ4v) is 4.43. The number of carbonyl (C=O) groups excluding carboxylic acids is 1. The second-order valence-electron chi connectivity index (χ2n) is 8.32. The summed E-state index contributed by atoms with van der Waals surface area (Å²) in [5, 5.41) is 9.50. The minimum atomic E-state index is -0.836. The van der Waals surface area contributed by atoms with Gasteiger partial charge in [0.05, 0.1) is 5.52 Å². The second-order valence-corrected chi connectivity index (χ2v) is 9.23. The van der Waals surface area contributed by atoms with Gasteiger partial charge in [0.2, 0.25) is 5.95 Å². The van der Waals surface area contributed by atoms with E-state index in [4.69, 9.17) is 0 Å². The van der Waals surface area contributed by atoms with Crippen molar-refractivity contribution in [2.75, 3.05) is 29.6 Å². The van der Waals surface area contributed by atoms with Gasteiger partial charge in [0, 0.05) is 36.0 Å². The summed E-state index contributed by atoms with van der Waals surface area (Å²) in [5.41, 5.74) is 0.411. The van der Waals surface area contributed by atoms with Gasteiger partial charge >= 0.3 is 6.03 Å². The summed E-state index contributed by atoms with van der Waals surface area (Å²) in [7, 11) is 3.90. The topological polar surface area (TPSA) is 82.2 Å². The summed E-state index contributed by atoms with van der Waals surface area (Å²) in [6, 6.07) is 9.55. The molecule has 1 heterocycles. The molecule has 7 nitrogen and oxygen atoms in total. The Balaban J connectivity index is 1.34. The Labute approximate surface area is 199 Å². The second kappa shape index (κ2) is 9.86. The molecule has 174 valence electrons. The van der Waals surface area contributed by atoms with Crippen LogP contribution in [-0.2, 0) is 0 Å². The number of halogens is 3. The molecule has 2 amide bonds. The first-order chi connectivity index (χ1) is 15.8. The molecule has 3 aromatic rings. The highest BCUT2D eigenvalue weighted by Crippen LogP contribution is 2.27. The van der Waals surface area contributed by atoms with Gasteiger partial charge < -0.3 is 20.9 Å². The number of nitrogens with one attached hydrogen (secondary N) is 3. The fraction of sp³-hybridized carbons (Fsp3) is 0.348. The number of benzene rings is 2. The van der Waals surface area contributed by atoms with Crippen LogP contribution in [0.1, 0.15) is 25.7 Å². The zero-order valence-corrected chi connectivity index (χ0v) is 19.9. The van der Waals surface area contributed by atoms with Crippen LogP contribution in [0.5, 0.6) is 0 Å². The van der Waals surface area contributed by atoms with Crippen molar-refractivity contribution in [3.05, 3.63) is 52.5 Å². The Morgan fingerprint density at radius 1 is 1.03 bits per heavy atom. The van der Waals surface area contributed by atoms with Crippen molar-refractivity contribution in [3.63, 3.8) is 0 Å². The lowest BCUT2D eigenvalue weighted by atomic mass is 9.91. The SMILES string of the molecule is CN(C)c1nc(N[C@H]2CC[C@@H](NC(=O)Nc3c(F)cc(Br)cc3F)CC2)nc2ccccc12. The molecule has 1 aliphatic rings. The molecule has 0 radical (unpaired) electrons. The number of amides is 2. The number of carbonyl (C=O) groups is 1. The van der Waals surface area contributed by atoms with Crippen LogP contribution in [-0.4, -0.2) is 42.2 Å². The summed E-state index contributed by atoms with van der Waals surface area (Å²) in [5.74, 6) is -0.245. The third kappa shape index (κ3) is 5.50. The smallest absolute Gasteiger partial charge is 0.319 e. The summed E-state index contributed by atoms with van der Waals surface area (Å²) in [6.45, 7) is 0. The first-order valence-corrected chi connectivity index (χ1v) is 11.5. The minimum absolute atomic E-state index is 0.0838. The van der Waals surface area contributed by atoms with Crippen molar-refractivity contribution < 1.29 is 13.6 Å². The molecule has 10 heteroatoms. The molecule has 1 aliphatic carbocycles. The number of para-hydroxylation sites is 1. The lowest BCUT2D eigenvalue weighted by Gasteiger charge is -2.30. The van der Waals surface area contributed by atoms with Gasteiger partial charge in [-0.05, 0) is 49.9 Å². The van der Waals surface area contributed by atoms with E-state index in [1.54, 1.807) is 0 Å². The van der Waals surface area contributed by atoms with E-state index in [9.17, 15) is 13.6 Å². The number of fused-ring (bicyclic) bond motifs is 1. The van der Waals surface area contributed by atoms with Crippen LogP contribution in [0.25, 0.3) is 10.9 Å². The first-order valence-electron chi connectivity index (χ1n) is 10.7. The third-order valence-electron chi connectivity index (χ3n) is 5.65. The largest absolute Gasteiger partial charge is 0.362 e. The molecule has 2 aromatic carbocycles. The van der Waals surface area contributed by atoms with Gasteiger partial charge in [-0.2, -0.15) is 4.98 Å². The number of hydrogen-bond acceptors (Lipinski definition) is 5. The number of anilines is 3. The van der Waals surface area contributed by atoms with Gasteiger partial charge in [-0.25, -0.2) is 18.6 Å². The molecule has 1 aromatic heterocycles. The molecular formula is C23H25BrF2N6O. The van der Waals surface area contributed by atoms with Crippen molar-refractivity contribution in [1.29, 1.82) is 0 Å². The Kier molecular flexibility index (Phi) is 6.92. The molecule has 0 unspecified atom stereocenters. The van der Waals surface area contributed by atoms with E-state index in [2.05, 4.69) is 41.8 Å². The number of nitrogens with zero attached hydrogens (tertiary/aromatic N) is 3. The van der Waals surface area contributed by atoms with Crippen LogP contribution in [0.2, 0.25) is 0 Å². The number of aromatic nitrogens is 2. The molecule has 1 fully saturated rings. The zero-order chi connectivity index (χ0) is 23.5. The Morgan fingerprint density at radius 2 is 1.67 bits per heavy atom. The van der Waals surface area contributed by atoms with Gasteiger partial charge in [-0.15, -0.1) is 0 Å². The van der Waals surface area contributed by atoms with Crippen LogP contribution in [0.15, 0.2) is 40.9 Å². The van der Waals surface area contributed by atoms with Gasteiger partial charge in [0.25, 0.3) is 0 Å². The molecule has 0 atom stereocenters. The van der Waals surface area contributed by atoms with Gasteiger partial charge in [0.1, 0.15) is 11.5 Å². The molecule has 0 spiro atoms. The highest BCUT2D eigenvalue weighted by Gasteiger charge is 2.24. The summed E-state index contributed by atoms with van der Waals surface area (Å²) in [4.78, 5) is 23.6. The van der Waals surface area contributed by atoms with E-state index in [-0.39, 0.29) is 16.6 Å². The average Bonchev–Trinajstić information content (AvgIpc) is 2.77. The van der Waals surface area contributed by atoms with Crippen molar-refractivity contribution >= 4 is 50.3 Å². The lowest BCUT2D eigenvalue weighted by Crippen LogP contribution is -2.42. The molecular weight excluding hydrogens is 494 g/mol. The predicted octanol–water partition coefficient (Wildman–Crippen LogP) is 5.28. The van der Waals surface area contributed by atoms with E-state index < -0.39 is 23.4 Å². The zero-order valence-electron chi connectivity index (χ0n) is 18.3. The van der Waals surface area contributed by atoms with Crippen molar-refractivity contribution in [3.8, 4) is 0 Å². The summed E-state index contributed by atoms with van der Waals surface area (Å²) >= 11 is 3.02. The van der Waals surface area contributed by atoms with E-state index >= 15 is 0 Å². The highest BCUT2D eigenvalue weighted by molar-refractivity contribution is 9.10. The Bertz CT molecular complexity index is 1140. The van der Waals surface area contributed by atoms with Gasteiger partial charge in [-0.3, -0.25) is 0 Å². The van der Waals surface area contributed by atoms with Crippen LogP contribution >= 0.6 is 15.9 Å². The maximum Gasteiger partial charge on any atom is 0.319 e. The van der Waals surface area contributed by atoms with Gasteiger partial charge in [0.15, 0.2) is 11.6 Å². The van der Waals surface area contributed by atoms with Crippen molar-refractivity contribution in [2.24, 2.45) is 0 Å². The molecule has 1 saturated carbocycles. The maximum absolute atomic E-state index is 13.9. The summed E-state index contributed by atoms with van der Waals surface area (Å²) < 4.78 is 28.2. The van der Waals surface area contributed by atoms with Crippen molar-refractivity contribution in [1.82, 2.24) is 15.3 Å². The maximum atomic E-state index is 13.9. The quantitative estimate of drug-likeness (QED) is 0.428. The normalized spacial score (nSPS) is 18.1. The van der Waals surface area contributed by atoms with E-state index in [1.807, 2.05) is 43.3 Å². The number of urea groups is 1. The monoisotopic (exact) mass is 518 g/mol. The number of hydrogen-bond donors (Lipinski definition) is 3. The van der Waals surface area contributed by atoms with E-state index in [0.717, 1.165) is 54.5 Å². The molecule has 0 saturated heterocycles. The third-order valence-corrected chi connectivity index (χ3v) is 6.11. The van der Waals surface area contributed by atoms with Crippen molar-refractivity contribution in [2.45, 2.75) is 37.8 Å². The average molecular weight is 519 g/mol. The molecule has 33 heavy (non-hydrogen) atoms. The van der Waals surface area contributed by atoms with E-state index in [0.29, 0.717) is 5.95 Å². The van der Waals surface area contributed by atoms with Gasteiger partial charge in [-0.1, -0.05) is 28.1 Å². The van der Waals surface area contributed by atoms with Crippen LogP contribution in [0.4, 0.5) is 31.0 Å². The van der Waals surface area contributed by atoms with Crippen LogP contribution < -0.4 is 20.9 Å². The molecule has 3 N–H and O–H groups in total. The molecule has 4 rings (SSSR count). The Hall–Kier alpha value is -3.01. The van der Waals surface area contributed by atoms with E-state index in [1.165, 1.54) is 0 Å². The molecule has 0 bridgehead atoms. The molecule has 0 aliphatic heterocycles. The van der Waals surface area contributed by atoms with Crippen LogP contribution in [0.3, 0.4) is 0 Å². The fourth-order valence-electron chi connectivity index (χ4n) is 4.03. The lowest BCUT2D eigenvalue weighted by molar-refractivity contribution is 0.243. The standard InChI is InChI=1S/C23H25BrF2N6O/c1-32(2)21-16-5-3-4-6-19(16)29-22(31-21)27-14-7-9-15(10-8-14)28-23(33)30-20-17(25)11-13(24)12-18(20)26/h3-6,11-12,14-15H,7-10H2,1-2H3,(H,27,29,31)(H2,28,30,33)/t14-,15+. The number of rotatable bonds is 5. The first kappa shape index (κ1) is 23.2. The Morgan fingerprint density at radius 3 is 2.33 bits per heavy atom. The minimum Gasteiger partial charge on any atom is -0.362 e. The van der Waals surface area contributed by atoms with Crippen LogP contribution in [0, 0.1) is 11.6 Å². The highest BCUT2D eigenvalue weighted by atomic mass is 79.9. The summed E-state index contributed by atoms with van der Waals surface area (Å²) in [6.07, 6.45) is 3.06. The predicted molar refractivity (Wildman–Crippen MR) is 130 cm³/mol.